The lowest BCUT2D eigenvalue weighted by Crippen LogP contribution is -2.49. The van der Waals surface area contributed by atoms with Crippen LogP contribution in [0.25, 0.3) is 6.08 Å². The first kappa shape index (κ1) is 14.5. The SMILES string of the molecule is C=Cc1ccc(C(F)(F)C(F)(F)C(F)(F)F)cc1. The normalized spacial score (nSPS) is 13.5. The summed E-state index contributed by atoms with van der Waals surface area (Å²) in [5, 5.41) is 0. The third-order valence-corrected chi connectivity index (χ3v) is 2.26. The molecule has 0 bridgehead atoms. The van der Waals surface area contributed by atoms with Gasteiger partial charge in [0.1, 0.15) is 0 Å². The van der Waals surface area contributed by atoms with Crippen LogP contribution in [0.3, 0.4) is 0 Å². The standard InChI is InChI=1S/C11H7F7/c1-2-7-3-5-8(6-4-7)9(12,13)10(14,15)11(16,17)18/h2-6H,1H2. The quantitative estimate of drug-likeness (QED) is 0.704. The Bertz CT molecular complexity index is 428. The van der Waals surface area contributed by atoms with E-state index in [1.807, 2.05) is 0 Å². The number of hydrogen-bond acceptors (Lipinski definition) is 0. The van der Waals surface area contributed by atoms with E-state index in [-0.39, 0.29) is 0 Å². The molecule has 0 saturated heterocycles. The summed E-state index contributed by atoms with van der Waals surface area (Å²) in [6.45, 7) is 3.30. The fraction of sp³-hybridized carbons (Fsp3) is 0.273. The molecule has 0 saturated carbocycles. The Hall–Kier alpha value is -1.53. The highest BCUT2D eigenvalue weighted by Crippen LogP contribution is 2.51. The Morgan fingerprint density at radius 3 is 1.61 bits per heavy atom. The first-order chi connectivity index (χ1) is 8.04. The molecule has 0 aliphatic rings. The molecule has 1 rings (SSSR count). The highest BCUT2D eigenvalue weighted by atomic mass is 19.4. The van der Waals surface area contributed by atoms with Gasteiger partial charge in [-0.2, -0.15) is 30.7 Å². The molecule has 0 nitrogen and oxygen atoms in total. The van der Waals surface area contributed by atoms with E-state index in [9.17, 15) is 30.7 Å². The van der Waals surface area contributed by atoms with Crippen molar-refractivity contribution in [1.82, 2.24) is 0 Å². The maximum absolute atomic E-state index is 13.2. The predicted octanol–water partition coefficient (Wildman–Crippen LogP) is 4.62. The smallest absolute Gasteiger partial charge is 0.194 e. The third kappa shape index (κ3) is 2.21. The Morgan fingerprint density at radius 2 is 1.28 bits per heavy atom. The zero-order chi connectivity index (χ0) is 14.2. The van der Waals surface area contributed by atoms with Crippen molar-refractivity contribution in [2.24, 2.45) is 0 Å². The summed E-state index contributed by atoms with van der Waals surface area (Å²) >= 11 is 0. The molecule has 0 atom stereocenters. The van der Waals surface area contributed by atoms with Gasteiger partial charge in [-0.1, -0.05) is 36.9 Å². The van der Waals surface area contributed by atoms with Gasteiger partial charge < -0.3 is 0 Å². The van der Waals surface area contributed by atoms with Crippen molar-refractivity contribution >= 4 is 6.08 Å². The van der Waals surface area contributed by atoms with Crippen LogP contribution in [0.2, 0.25) is 0 Å². The van der Waals surface area contributed by atoms with Gasteiger partial charge in [-0.15, -0.1) is 0 Å². The summed E-state index contributed by atoms with van der Waals surface area (Å²) in [7, 11) is 0. The second kappa shape index (κ2) is 4.29. The van der Waals surface area contributed by atoms with E-state index in [1.54, 1.807) is 0 Å². The maximum atomic E-state index is 13.2. The molecular weight excluding hydrogens is 265 g/mol. The minimum Gasteiger partial charge on any atom is -0.194 e. The van der Waals surface area contributed by atoms with Crippen LogP contribution in [0.15, 0.2) is 30.8 Å². The molecule has 0 N–H and O–H groups in total. The van der Waals surface area contributed by atoms with Crippen molar-refractivity contribution in [1.29, 1.82) is 0 Å². The van der Waals surface area contributed by atoms with E-state index in [0.29, 0.717) is 17.7 Å². The van der Waals surface area contributed by atoms with Crippen LogP contribution < -0.4 is 0 Å². The van der Waals surface area contributed by atoms with Gasteiger partial charge in [0, 0.05) is 5.56 Å². The molecule has 0 aromatic heterocycles. The Labute approximate surface area is 97.7 Å². The van der Waals surface area contributed by atoms with Gasteiger partial charge in [0.2, 0.25) is 0 Å². The van der Waals surface area contributed by atoms with Gasteiger partial charge in [0.25, 0.3) is 0 Å². The molecule has 0 heterocycles. The van der Waals surface area contributed by atoms with Crippen molar-refractivity contribution < 1.29 is 30.7 Å². The van der Waals surface area contributed by atoms with Gasteiger partial charge >= 0.3 is 18.0 Å². The topological polar surface area (TPSA) is 0 Å². The third-order valence-electron chi connectivity index (χ3n) is 2.26. The van der Waals surface area contributed by atoms with Gasteiger partial charge in [-0.25, -0.2) is 0 Å². The highest BCUT2D eigenvalue weighted by molar-refractivity contribution is 5.47. The largest absolute Gasteiger partial charge is 0.460 e. The monoisotopic (exact) mass is 272 g/mol. The van der Waals surface area contributed by atoms with Crippen LogP contribution in [0.4, 0.5) is 30.7 Å². The highest BCUT2D eigenvalue weighted by Gasteiger charge is 2.73. The Balaban J connectivity index is 3.23. The van der Waals surface area contributed by atoms with Crippen molar-refractivity contribution in [3.05, 3.63) is 42.0 Å². The van der Waals surface area contributed by atoms with E-state index in [1.165, 1.54) is 6.08 Å². The van der Waals surface area contributed by atoms with Crippen LogP contribution >= 0.6 is 0 Å². The molecule has 18 heavy (non-hydrogen) atoms. The first-order valence-corrected chi connectivity index (χ1v) is 4.59. The lowest BCUT2D eigenvalue weighted by molar-refractivity contribution is -0.359. The summed E-state index contributed by atoms with van der Waals surface area (Å²) in [5.41, 5.74) is -1.08. The number of rotatable bonds is 3. The van der Waals surface area contributed by atoms with Crippen molar-refractivity contribution in [2.75, 3.05) is 0 Å². The van der Waals surface area contributed by atoms with Crippen LogP contribution in [0.1, 0.15) is 11.1 Å². The van der Waals surface area contributed by atoms with Crippen LogP contribution in [0.5, 0.6) is 0 Å². The molecular formula is C11H7F7. The van der Waals surface area contributed by atoms with Crippen molar-refractivity contribution in [3.8, 4) is 0 Å². The number of alkyl halides is 7. The van der Waals surface area contributed by atoms with E-state index >= 15 is 0 Å². The molecule has 1 aromatic carbocycles. The zero-order valence-corrected chi connectivity index (χ0v) is 8.74. The Morgan fingerprint density at radius 1 is 0.833 bits per heavy atom. The fourth-order valence-corrected chi connectivity index (χ4v) is 1.19. The van der Waals surface area contributed by atoms with Gasteiger partial charge in [0.05, 0.1) is 0 Å². The summed E-state index contributed by atoms with van der Waals surface area (Å²) in [5.74, 6) is -11.5. The van der Waals surface area contributed by atoms with E-state index < -0.39 is 23.6 Å². The van der Waals surface area contributed by atoms with Crippen LogP contribution in [-0.2, 0) is 5.92 Å². The van der Waals surface area contributed by atoms with Crippen LogP contribution in [0, 0.1) is 0 Å². The minimum absolute atomic E-state index is 0.324. The lowest BCUT2D eigenvalue weighted by atomic mass is 10.0. The summed E-state index contributed by atoms with van der Waals surface area (Å²) in [6.07, 6.45) is -5.09. The predicted molar refractivity (Wildman–Crippen MR) is 51.4 cm³/mol. The lowest BCUT2D eigenvalue weighted by Gasteiger charge is -2.28. The van der Waals surface area contributed by atoms with Crippen LogP contribution in [-0.4, -0.2) is 12.1 Å². The molecule has 100 valence electrons. The van der Waals surface area contributed by atoms with E-state index in [4.69, 9.17) is 0 Å². The molecule has 1 aromatic rings. The van der Waals surface area contributed by atoms with Gasteiger partial charge in [-0.3, -0.25) is 0 Å². The van der Waals surface area contributed by atoms with E-state index in [0.717, 1.165) is 12.1 Å². The maximum Gasteiger partial charge on any atom is 0.460 e. The Kier molecular flexibility index (Phi) is 3.47. The molecule has 7 heteroatoms. The second-order valence-electron chi connectivity index (χ2n) is 3.47. The van der Waals surface area contributed by atoms with Gasteiger partial charge in [0.15, 0.2) is 0 Å². The summed E-state index contributed by atoms with van der Waals surface area (Å²) in [4.78, 5) is 0. The first-order valence-electron chi connectivity index (χ1n) is 4.59. The molecule has 0 aliphatic carbocycles. The summed E-state index contributed by atoms with van der Waals surface area (Å²) in [6, 6.07) is 2.97. The van der Waals surface area contributed by atoms with Crippen molar-refractivity contribution in [3.63, 3.8) is 0 Å². The zero-order valence-electron chi connectivity index (χ0n) is 8.74. The van der Waals surface area contributed by atoms with E-state index in [2.05, 4.69) is 6.58 Å². The number of benzene rings is 1. The molecule has 0 spiro atoms. The summed E-state index contributed by atoms with van der Waals surface area (Å²) < 4.78 is 87.4. The molecule has 0 unspecified atom stereocenters. The van der Waals surface area contributed by atoms with Crippen molar-refractivity contribution in [2.45, 2.75) is 18.0 Å². The number of hydrogen-bond donors (Lipinski definition) is 0. The second-order valence-corrected chi connectivity index (χ2v) is 3.47. The molecule has 0 radical (unpaired) electrons. The minimum atomic E-state index is -6.33. The average molecular weight is 272 g/mol. The number of halogens is 7. The molecule has 0 aliphatic heterocycles. The van der Waals surface area contributed by atoms with Gasteiger partial charge in [-0.05, 0) is 5.56 Å². The molecule has 0 fully saturated rings. The fourth-order valence-electron chi connectivity index (χ4n) is 1.19. The average Bonchev–Trinajstić information content (AvgIpc) is 2.27. The molecule has 0 amide bonds.